The van der Waals surface area contributed by atoms with Gasteiger partial charge in [-0.15, -0.1) is 0 Å². The SMILES string of the molecule is CCNc1nc(Nc2ccc(Cl)cc2)nc(OCC)n1. The number of rotatable bonds is 6. The predicted molar refractivity (Wildman–Crippen MR) is 79.9 cm³/mol. The van der Waals surface area contributed by atoms with Gasteiger partial charge in [0.05, 0.1) is 6.61 Å². The van der Waals surface area contributed by atoms with Gasteiger partial charge in [-0.3, -0.25) is 0 Å². The standard InChI is InChI=1S/C13H16ClN5O/c1-3-15-11-17-12(19-13(18-11)20-4-2)16-10-7-5-9(14)6-8-10/h5-8H,3-4H2,1-2H3,(H2,15,16,17,18,19). The molecule has 0 radical (unpaired) electrons. The molecule has 0 saturated carbocycles. The minimum atomic E-state index is 0.287. The van der Waals surface area contributed by atoms with E-state index < -0.39 is 0 Å². The van der Waals surface area contributed by atoms with E-state index in [4.69, 9.17) is 16.3 Å². The van der Waals surface area contributed by atoms with Crippen LogP contribution in [0.3, 0.4) is 0 Å². The molecule has 0 amide bonds. The molecule has 2 rings (SSSR count). The van der Waals surface area contributed by atoms with Crippen LogP contribution in [0.1, 0.15) is 13.8 Å². The summed E-state index contributed by atoms with van der Waals surface area (Å²) in [6.45, 7) is 5.06. The van der Waals surface area contributed by atoms with Crippen LogP contribution in [0.4, 0.5) is 17.6 Å². The van der Waals surface area contributed by atoms with Gasteiger partial charge in [0.1, 0.15) is 0 Å². The topological polar surface area (TPSA) is 72.0 Å². The van der Waals surface area contributed by atoms with E-state index >= 15 is 0 Å². The molecule has 0 bridgehead atoms. The van der Waals surface area contributed by atoms with E-state index in [1.807, 2.05) is 26.0 Å². The van der Waals surface area contributed by atoms with Crippen LogP contribution < -0.4 is 15.4 Å². The molecule has 0 aliphatic rings. The number of hydrogen-bond acceptors (Lipinski definition) is 6. The van der Waals surface area contributed by atoms with Crippen LogP contribution in [0, 0.1) is 0 Å². The Balaban J connectivity index is 2.22. The summed E-state index contributed by atoms with van der Waals surface area (Å²) < 4.78 is 5.33. The Morgan fingerprint density at radius 3 is 2.40 bits per heavy atom. The molecule has 0 fully saturated rings. The van der Waals surface area contributed by atoms with E-state index in [1.54, 1.807) is 12.1 Å². The second-order valence-corrected chi connectivity index (χ2v) is 4.30. The molecule has 106 valence electrons. The Morgan fingerprint density at radius 1 is 1.05 bits per heavy atom. The van der Waals surface area contributed by atoms with Crippen molar-refractivity contribution in [2.75, 3.05) is 23.8 Å². The van der Waals surface area contributed by atoms with Crippen LogP contribution in [-0.2, 0) is 0 Å². The van der Waals surface area contributed by atoms with Crippen LogP contribution >= 0.6 is 11.6 Å². The summed E-state index contributed by atoms with van der Waals surface area (Å²) >= 11 is 5.85. The summed E-state index contributed by atoms with van der Waals surface area (Å²) in [5, 5.41) is 6.80. The van der Waals surface area contributed by atoms with Crippen molar-refractivity contribution in [2.24, 2.45) is 0 Å². The summed E-state index contributed by atoms with van der Waals surface area (Å²) in [5.74, 6) is 0.893. The average Bonchev–Trinajstić information content (AvgIpc) is 2.42. The van der Waals surface area contributed by atoms with Gasteiger partial charge in [-0.2, -0.15) is 15.0 Å². The van der Waals surface area contributed by atoms with Gasteiger partial charge in [0.15, 0.2) is 0 Å². The van der Waals surface area contributed by atoms with Gasteiger partial charge < -0.3 is 15.4 Å². The molecule has 0 atom stereocenters. The highest BCUT2D eigenvalue weighted by Crippen LogP contribution is 2.18. The first-order chi connectivity index (χ1) is 9.71. The molecule has 1 heterocycles. The third-order valence-corrected chi connectivity index (χ3v) is 2.58. The monoisotopic (exact) mass is 293 g/mol. The van der Waals surface area contributed by atoms with Crippen molar-refractivity contribution < 1.29 is 4.74 Å². The summed E-state index contributed by atoms with van der Waals surface area (Å²) in [6.07, 6.45) is 0. The summed E-state index contributed by atoms with van der Waals surface area (Å²) in [7, 11) is 0. The van der Waals surface area contributed by atoms with E-state index in [0.29, 0.717) is 23.5 Å². The van der Waals surface area contributed by atoms with Crippen molar-refractivity contribution in [3.05, 3.63) is 29.3 Å². The fourth-order valence-electron chi connectivity index (χ4n) is 1.51. The molecule has 7 heteroatoms. The highest BCUT2D eigenvalue weighted by molar-refractivity contribution is 6.30. The van der Waals surface area contributed by atoms with Gasteiger partial charge in [0.2, 0.25) is 11.9 Å². The lowest BCUT2D eigenvalue weighted by Crippen LogP contribution is -2.08. The highest BCUT2D eigenvalue weighted by atomic mass is 35.5. The first-order valence-corrected chi connectivity index (χ1v) is 6.74. The first kappa shape index (κ1) is 14.3. The van der Waals surface area contributed by atoms with Crippen molar-refractivity contribution in [2.45, 2.75) is 13.8 Å². The van der Waals surface area contributed by atoms with Crippen LogP contribution in [0.15, 0.2) is 24.3 Å². The van der Waals surface area contributed by atoms with Crippen LogP contribution in [-0.4, -0.2) is 28.1 Å². The number of anilines is 3. The molecule has 0 saturated heterocycles. The van der Waals surface area contributed by atoms with Gasteiger partial charge >= 0.3 is 6.01 Å². The van der Waals surface area contributed by atoms with E-state index in [0.717, 1.165) is 12.2 Å². The van der Waals surface area contributed by atoms with E-state index in [2.05, 4.69) is 25.6 Å². The lowest BCUT2D eigenvalue weighted by Gasteiger charge is -2.09. The summed E-state index contributed by atoms with van der Waals surface area (Å²) in [6, 6.07) is 7.56. The Hall–Kier alpha value is -2.08. The van der Waals surface area contributed by atoms with E-state index in [9.17, 15) is 0 Å². The molecule has 0 spiro atoms. The first-order valence-electron chi connectivity index (χ1n) is 6.36. The molecular weight excluding hydrogens is 278 g/mol. The highest BCUT2D eigenvalue weighted by Gasteiger charge is 2.07. The second-order valence-electron chi connectivity index (χ2n) is 3.86. The van der Waals surface area contributed by atoms with Crippen molar-refractivity contribution in [3.8, 4) is 6.01 Å². The fraction of sp³-hybridized carbons (Fsp3) is 0.308. The van der Waals surface area contributed by atoms with E-state index in [-0.39, 0.29) is 6.01 Å². The number of hydrogen-bond donors (Lipinski definition) is 2. The van der Waals surface area contributed by atoms with Gasteiger partial charge in [-0.25, -0.2) is 0 Å². The predicted octanol–water partition coefficient (Wildman–Crippen LogP) is 3.10. The minimum Gasteiger partial charge on any atom is -0.464 e. The Labute approximate surface area is 122 Å². The van der Waals surface area contributed by atoms with Crippen LogP contribution in [0.5, 0.6) is 6.01 Å². The van der Waals surface area contributed by atoms with Crippen LogP contribution in [0.25, 0.3) is 0 Å². The van der Waals surface area contributed by atoms with Crippen LogP contribution in [0.2, 0.25) is 5.02 Å². The zero-order valence-corrected chi connectivity index (χ0v) is 12.1. The van der Waals surface area contributed by atoms with Crippen molar-refractivity contribution in [1.82, 2.24) is 15.0 Å². The van der Waals surface area contributed by atoms with Gasteiger partial charge in [0, 0.05) is 17.3 Å². The lowest BCUT2D eigenvalue weighted by atomic mass is 10.3. The number of nitrogens with zero attached hydrogens (tertiary/aromatic N) is 3. The minimum absolute atomic E-state index is 0.287. The van der Waals surface area contributed by atoms with Gasteiger partial charge in [-0.05, 0) is 38.1 Å². The van der Waals surface area contributed by atoms with Crippen molar-refractivity contribution in [3.63, 3.8) is 0 Å². The second kappa shape index (κ2) is 6.91. The molecule has 6 nitrogen and oxygen atoms in total. The fourth-order valence-corrected chi connectivity index (χ4v) is 1.63. The summed E-state index contributed by atoms with van der Waals surface area (Å²) in [4.78, 5) is 12.6. The lowest BCUT2D eigenvalue weighted by molar-refractivity contribution is 0.312. The number of nitrogens with one attached hydrogen (secondary N) is 2. The molecule has 1 aromatic carbocycles. The third kappa shape index (κ3) is 3.96. The molecule has 20 heavy (non-hydrogen) atoms. The van der Waals surface area contributed by atoms with Gasteiger partial charge in [0.25, 0.3) is 0 Å². The zero-order chi connectivity index (χ0) is 14.4. The quantitative estimate of drug-likeness (QED) is 0.853. The normalized spacial score (nSPS) is 10.2. The molecule has 0 aliphatic heterocycles. The molecule has 2 N–H and O–H groups in total. The molecule has 1 aromatic heterocycles. The van der Waals surface area contributed by atoms with Crippen molar-refractivity contribution in [1.29, 1.82) is 0 Å². The molecule has 0 unspecified atom stereocenters. The number of aromatic nitrogens is 3. The maximum Gasteiger partial charge on any atom is 0.323 e. The van der Waals surface area contributed by atoms with E-state index in [1.165, 1.54) is 0 Å². The number of benzene rings is 1. The average molecular weight is 294 g/mol. The van der Waals surface area contributed by atoms with Crippen molar-refractivity contribution >= 4 is 29.2 Å². The number of ether oxygens (including phenoxy) is 1. The Kier molecular flexibility index (Phi) is 4.95. The molecule has 0 aliphatic carbocycles. The van der Waals surface area contributed by atoms with Gasteiger partial charge in [-0.1, -0.05) is 11.6 Å². The zero-order valence-electron chi connectivity index (χ0n) is 11.4. The summed E-state index contributed by atoms with van der Waals surface area (Å²) in [5.41, 5.74) is 0.838. The number of halogens is 1. The smallest absolute Gasteiger partial charge is 0.323 e. The molecular formula is C13H16ClN5O. The third-order valence-electron chi connectivity index (χ3n) is 2.32. The Bertz CT molecular complexity index is 537. The molecule has 2 aromatic rings. The Morgan fingerprint density at radius 2 is 1.75 bits per heavy atom. The maximum absolute atomic E-state index is 5.85. The maximum atomic E-state index is 5.85. The largest absolute Gasteiger partial charge is 0.464 e.